The van der Waals surface area contributed by atoms with Gasteiger partial charge in [-0.05, 0) is 19.4 Å². The average Bonchev–Trinajstić information content (AvgIpc) is 2.63. The maximum Gasteiger partial charge on any atom is 0.311 e. The fourth-order valence-corrected chi connectivity index (χ4v) is 2.08. The summed E-state index contributed by atoms with van der Waals surface area (Å²) in [6.45, 7) is 3.81. The Morgan fingerprint density at radius 3 is 3.05 bits per heavy atom. The topological polar surface area (TPSA) is 100 Å². The van der Waals surface area contributed by atoms with Crippen molar-refractivity contribution < 1.29 is 9.72 Å². The van der Waals surface area contributed by atoms with Crippen LogP contribution in [0.4, 0.5) is 17.3 Å². The van der Waals surface area contributed by atoms with E-state index in [1.165, 1.54) is 6.07 Å². The molecule has 20 heavy (non-hydrogen) atoms. The summed E-state index contributed by atoms with van der Waals surface area (Å²) in [4.78, 5) is 28.2. The number of aromatic nitrogens is 1. The molecule has 1 aromatic rings. The van der Waals surface area contributed by atoms with E-state index >= 15 is 0 Å². The molecule has 2 N–H and O–H groups in total. The van der Waals surface area contributed by atoms with Crippen molar-refractivity contribution in [1.29, 1.82) is 0 Å². The van der Waals surface area contributed by atoms with Crippen LogP contribution in [0.3, 0.4) is 0 Å². The first-order chi connectivity index (χ1) is 9.61. The second kappa shape index (κ2) is 6.18. The third kappa shape index (κ3) is 3.14. The summed E-state index contributed by atoms with van der Waals surface area (Å²) in [5, 5.41) is 16.9. The highest BCUT2D eigenvalue weighted by atomic mass is 16.6. The van der Waals surface area contributed by atoms with Crippen molar-refractivity contribution in [2.45, 2.75) is 13.3 Å². The van der Waals surface area contributed by atoms with Crippen molar-refractivity contribution in [2.75, 3.05) is 36.4 Å². The predicted octanol–water partition coefficient (Wildman–Crippen LogP) is 0.748. The van der Waals surface area contributed by atoms with Crippen LogP contribution in [0, 0.1) is 10.1 Å². The van der Waals surface area contributed by atoms with Crippen molar-refractivity contribution >= 4 is 23.2 Å². The second-order valence-corrected chi connectivity index (χ2v) is 4.45. The molecule has 0 atom stereocenters. The van der Waals surface area contributed by atoms with Gasteiger partial charge in [0.1, 0.15) is 5.82 Å². The number of carbonyl (C=O) groups is 1. The van der Waals surface area contributed by atoms with Crippen molar-refractivity contribution in [3.05, 3.63) is 22.2 Å². The fourth-order valence-electron chi connectivity index (χ4n) is 2.08. The quantitative estimate of drug-likeness (QED) is 0.623. The highest BCUT2D eigenvalue weighted by Gasteiger charge is 2.24. The number of pyridine rings is 1. The molecule has 8 nitrogen and oxygen atoms in total. The number of hydrogen-bond acceptors (Lipinski definition) is 6. The minimum Gasteiger partial charge on any atom is -0.370 e. The van der Waals surface area contributed by atoms with Gasteiger partial charge in [-0.25, -0.2) is 4.98 Å². The lowest BCUT2D eigenvalue weighted by atomic mass is 10.3. The molecular formula is C12H17N5O3. The van der Waals surface area contributed by atoms with Gasteiger partial charge in [-0.15, -0.1) is 0 Å². The lowest BCUT2D eigenvalue weighted by Crippen LogP contribution is -2.34. The molecule has 0 aromatic carbocycles. The van der Waals surface area contributed by atoms with Crippen LogP contribution in [0.15, 0.2) is 12.1 Å². The zero-order valence-corrected chi connectivity index (χ0v) is 11.3. The van der Waals surface area contributed by atoms with Crippen LogP contribution in [0.2, 0.25) is 0 Å². The van der Waals surface area contributed by atoms with Gasteiger partial charge in [-0.1, -0.05) is 0 Å². The van der Waals surface area contributed by atoms with Gasteiger partial charge >= 0.3 is 5.69 Å². The minimum atomic E-state index is -0.471. The molecule has 2 rings (SSSR count). The zero-order valence-electron chi connectivity index (χ0n) is 11.3. The maximum atomic E-state index is 11.6. The lowest BCUT2D eigenvalue weighted by molar-refractivity contribution is -0.384. The zero-order chi connectivity index (χ0) is 14.5. The van der Waals surface area contributed by atoms with Crippen molar-refractivity contribution in [3.8, 4) is 0 Å². The number of nitrogens with one attached hydrogen (secondary N) is 2. The van der Waals surface area contributed by atoms with Gasteiger partial charge in [0, 0.05) is 25.7 Å². The summed E-state index contributed by atoms with van der Waals surface area (Å²) >= 11 is 0. The molecule has 1 fully saturated rings. The van der Waals surface area contributed by atoms with Crippen LogP contribution in [0.25, 0.3) is 0 Å². The fraction of sp³-hybridized carbons (Fsp3) is 0.500. The highest BCUT2D eigenvalue weighted by molar-refractivity contribution is 5.82. The highest BCUT2D eigenvalue weighted by Crippen LogP contribution is 2.28. The second-order valence-electron chi connectivity index (χ2n) is 4.45. The van der Waals surface area contributed by atoms with Gasteiger partial charge in [0.2, 0.25) is 11.7 Å². The lowest BCUT2D eigenvalue weighted by Gasteiger charge is -2.20. The number of anilines is 2. The van der Waals surface area contributed by atoms with Gasteiger partial charge in [0.05, 0.1) is 11.5 Å². The Morgan fingerprint density at radius 1 is 1.55 bits per heavy atom. The van der Waals surface area contributed by atoms with Gasteiger partial charge < -0.3 is 15.5 Å². The molecule has 0 radical (unpaired) electrons. The molecule has 0 aliphatic carbocycles. The Kier molecular flexibility index (Phi) is 4.34. The SMILES string of the molecule is CCNc1ccc([N+](=O)[O-])c(N2CCCNC(=O)C2)n1. The Labute approximate surface area is 116 Å². The number of nitrogens with zero attached hydrogens (tertiary/aromatic N) is 3. The first-order valence-corrected chi connectivity index (χ1v) is 6.52. The monoisotopic (exact) mass is 279 g/mol. The van der Waals surface area contributed by atoms with Gasteiger partial charge in [-0.2, -0.15) is 0 Å². The molecule has 1 aliphatic heterocycles. The van der Waals surface area contributed by atoms with E-state index in [2.05, 4.69) is 15.6 Å². The summed E-state index contributed by atoms with van der Waals surface area (Å²) in [5.74, 6) is 0.663. The van der Waals surface area contributed by atoms with Crippen molar-refractivity contribution in [2.24, 2.45) is 0 Å². The molecule has 1 saturated heterocycles. The smallest absolute Gasteiger partial charge is 0.311 e. The first kappa shape index (κ1) is 14.0. The molecule has 1 aliphatic rings. The van der Waals surface area contributed by atoms with E-state index in [4.69, 9.17) is 0 Å². The van der Waals surface area contributed by atoms with Crippen LogP contribution in [0.5, 0.6) is 0 Å². The van der Waals surface area contributed by atoms with E-state index in [1.54, 1.807) is 11.0 Å². The number of nitro groups is 1. The van der Waals surface area contributed by atoms with E-state index in [9.17, 15) is 14.9 Å². The summed E-state index contributed by atoms with van der Waals surface area (Å²) in [7, 11) is 0. The van der Waals surface area contributed by atoms with Gasteiger partial charge in [0.25, 0.3) is 0 Å². The van der Waals surface area contributed by atoms with E-state index in [0.29, 0.717) is 25.5 Å². The molecule has 1 amide bonds. The Morgan fingerprint density at radius 2 is 2.35 bits per heavy atom. The predicted molar refractivity (Wildman–Crippen MR) is 74.9 cm³/mol. The van der Waals surface area contributed by atoms with Crippen molar-refractivity contribution in [3.63, 3.8) is 0 Å². The summed E-state index contributed by atoms with van der Waals surface area (Å²) in [5.41, 5.74) is -0.0821. The molecule has 0 unspecified atom stereocenters. The first-order valence-electron chi connectivity index (χ1n) is 6.52. The number of amides is 1. The van der Waals surface area contributed by atoms with Crippen LogP contribution in [-0.4, -0.2) is 42.0 Å². The molecule has 0 spiro atoms. The van der Waals surface area contributed by atoms with E-state index in [1.807, 2.05) is 6.92 Å². The molecule has 0 bridgehead atoms. The van der Waals surface area contributed by atoms with Crippen LogP contribution in [0.1, 0.15) is 13.3 Å². The summed E-state index contributed by atoms with van der Waals surface area (Å²) < 4.78 is 0. The van der Waals surface area contributed by atoms with Crippen LogP contribution < -0.4 is 15.5 Å². The van der Waals surface area contributed by atoms with Gasteiger partial charge in [0.15, 0.2) is 0 Å². The third-order valence-electron chi connectivity index (χ3n) is 2.97. The standard InChI is InChI=1S/C12H17N5O3/c1-2-13-10-5-4-9(17(19)20)12(15-10)16-7-3-6-14-11(18)8-16/h4-5H,2-3,6-8H2,1H3,(H,13,15)(H,14,18). The van der Waals surface area contributed by atoms with E-state index < -0.39 is 4.92 Å². The maximum absolute atomic E-state index is 11.6. The Hall–Kier alpha value is -2.38. The van der Waals surface area contributed by atoms with E-state index in [-0.39, 0.29) is 24.0 Å². The van der Waals surface area contributed by atoms with Crippen molar-refractivity contribution in [1.82, 2.24) is 10.3 Å². The minimum absolute atomic E-state index is 0.0821. The third-order valence-corrected chi connectivity index (χ3v) is 2.97. The van der Waals surface area contributed by atoms with Gasteiger partial charge in [-0.3, -0.25) is 14.9 Å². The number of hydrogen-bond donors (Lipinski definition) is 2. The Bertz CT molecular complexity index is 520. The summed E-state index contributed by atoms with van der Waals surface area (Å²) in [6.07, 6.45) is 0.732. The average molecular weight is 279 g/mol. The molecule has 2 heterocycles. The molecular weight excluding hydrogens is 262 g/mol. The molecule has 108 valence electrons. The molecule has 1 aromatic heterocycles. The summed E-state index contributed by atoms with van der Waals surface area (Å²) in [6, 6.07) is 2.99. The largest absolute Gasteiger partial charge is 0.370 e. The normalized spacial score (nSPS) is 15.4. The molecule has 8 heteroatoms. The molecule has 0 saturated carbocycles. The Balaban J connectivity index is 2.37. The van der Waals surface area contributed by atoms with E-state index in [0.717, 1.165) is 6.42 Å². The van der Waals surface area contributed by atoms with Crippen LogP contribution in [-0.2, 0) is 4.79 Å². The van der Waals surface area contributed by atoms with Crippen LogP contribution >= 0.6 is 0 Å². The number of rotatable bonds is 4. The number of carbonyl (C=O) groups excluding carboxylic acids is 1.